The number of rotatable bonds is 4. The molecule has 0 aromatic carbocycles. The zero-order valence-electron chi connectivity index (χ0n) is 10.4. The van der Waals surface area contributed by atoms with Crippen LogP contribution in [0.3, 0.4) is 0 Å². The number of carbonyl (C=O) groups is 1. The molecule has 18 heavy (non-hydrogen) atoms. The molecule has 0 aromatic rings. The van der Waals surface area contributed by atoms with Crippen LogP contribution in [0.5, 0.6) is 0 Å². The van der Waals surface area contributed by atoms with Crippen LogP contribution in [0.15, 0.2) is 0 Å². The molecule has 1 unspecified atom stereocenters. The third-order valence-corrected chi connectivity index (χ3v) is 5.83. The molecule has 2 aliphatic rings. The first-order valence-electron chi connectivity index (χ1n) is 6.23. The molecule has 2 rings (SSSR count). The normalized spacial score (nSPS) is 33.9. The first-order chi connectivity index (χ1) is 8.42. The summed E-state index contributed by atoms with van der Waals surface area (Å²) in [5.74, 6) is -1.05. The van der Waals surface area contributed by atoms with E-state index in [0.29, 0.717) is 26.1 Å². The van der Waals surface area contributed by atoms with Gasteiger partial charge in [0.25, 0.3) is 0 Å². The van der Waals surface area contributed by atoms with Crippen molar-refractivity contribution in [2.75, 3.05) is 19.0 Å². The van der Waals surface area contributed by atoms with Crippen molar-refractivity contribution in [3.05, 3.63) is 0 Å². The lowest BCUT2D eigenvalue weighted by molar-refractivity contribution is -0.140. The van der Waals surface area contributed by atoms with Crippen LogP contribution in [-0.2, 0) is 19.6 Å². The molecule has 104 valence electrons. The molecule has 0 spiro atoms. The van der Waals surface area contributed by atoms with Gasteiger partial charge in [0.2, 0.25) is 10.0 Å². The zero-order valence-corrected chi connectivity index (χ0v) is 11.2. The molecule has 2 fully saturated rings. The van der Waals surface area contributed by atoms with Gasteiger partial charge in [0, 0.05) is 12.6 Å². The fourth-order valence-electron chi connectivity index (χ4n) is 2.76. The predicted octanol–water partition coefficient (Wildman–Crippen LogP) is 0.290. The van der Waals surface area contributed by atoms with Crippen molar-refractivity contribution < 1.29 is 23.1 Å². The van der Waals surface area contributed by atoms with Crippen LogP contribution >= 0.6 is 0 Å². The number of aliphatic carboxylic acids is 1. The van der Waals surface area contributed by atoms with Crippen molar-refractivity contribution in [1.82, 2.24) is 4.31 Å². The maximum Gasteiger partial charge on any atom is 0.322 e. The Kier molecular flexibility index (Phi) is 3.93. The van der Waals surface area contributed by atoms with Crippen LogP contribution in [0.1, 0.15) is 26.2 Å². The number of carboxylic acids is 1. The third kappa shape index (κ3) is 2.67. The molecule has 6 nitrogen and oxygen atoms in total. The van der Waals surface area contributed by atoms with E-state index in [9.17, 15) is 13.2 Å². The van der Waals surface area contributed by atoms with Crippen LogP contribution in [0.2, 0.25) is 0 Å². The summed E-state index contributed by atoms with van der Waals surface area (Å²) < 4.78 is 31.0. The zero-order chi connectivity index (χ0) is 13.3. The van der Waals surface area contributed by atoms with Gasteiger partial charge in [-0.3, -0.25) is 4.79 Å². The minimum atomic E-state index is -3.51. The van der Waals surface area contributed by atoms with E-state index < -0.39 is 22.0 Å². The minimum absolute atomic E-state index is 0.00111. The van der Waals surface area contributed by atoms with Crippen molar-refractivity contribution in [3.8, 4) is 0 Å². The lowest BCUT2D eigenvalue weighted by Crippen LogP contribution is -2.45. The van der Waals surface area contributed by atoms with Crippen LogP contribution < -0.4 is 0 Å². The standard InChI is InChI=1S/C11H19NO5S/c1-8-2-3-10(11(13)14)12(8)18(15,16)7-9-4-5-17-6-9/h8-10H,2-7H2,1H3,(H,13,14)/t8-,9?,10-/m1/s1. The van der Waals surface area contributed by atoms with Crippen LogP contribution in [0.25, 0.3) is 0 Å². The molecule has 0 aromatic heterocycles. The van der Waals surface area contributed by atoms with Gasteiger partial charge in [0.15, 0.2) is 0 Å². The average molecular weight is 277 g/mol. The van der Waals surface area contributed by atoms with Gasteiger partial charge in [-0.1, -0.05) is 0 Å². The molecule has 0 radical (unpaired) electrons. The second kappa shape index (κ2) is 5.14. The van der Waals surface area contributed by atoms with Crippen molar-refractivity contribution in [3.63, 3.8) is 0 Å². The van der Waals surface area contributed by atoms with Gasteiger partial charge in [-0.15, -0.1) is 0 Å². The summed E-state index contributed by atoms with van der Waals surface area (Å²) in [7, 11) is -3.51. The van der Waals surface area contributed by atoms with E-state index in [1.807, 2.05) is 0 Å². The van der Waals surface area contributed by atoms with E-state index in [1.54, 1.807) is 6.92 Å². The summed E-state index contributed by atoms with van der Waals surface area (Å²) in [5, 5.41) is 9.09. The Balaban J connectivity index is 2.13. The predicted molar refractivity (Wildman–Crippen MR) is 64.7 cm³/mol. The fraction of sp³-hybridized carbons (Fsp3) is 0.909. The molecule has 0 saturated carbocycles. The molecule has 0 amide bonds. The maximum absolute atomic E-state index is 12.3. The van der Waals surface area contributed by atoms with E-state index in [4.69, 9.17) is 9.84 Å². The third-order valence-electron chi connectivity index (χ3n) is 3.68. The van der Waals surface area contributed by atoms with E-state index >= 15 is 0 Å². The summed E-state index contributed by atoms with van der Waals surface area (Å²) in [6.45, 7) is 2.82. The van der Waals surface area contributed by atoms with E-state index in [2.05, 4.69) is 0 Å². The monoisotopic (exact) mass is 277 g/mol. The first-order valence-corrected chi connectivity index (χ1v) is 7.84. The molecule has 0 bridgehead atoms. The van der Waals surface area contributed by atoms with Crippen LogP contribution in [0, 0.1) is 5.92 Å². The summed E-state index contributed by atoms with van der Waals surface area (Å²) in [6.07, 6.45) is 1.74. The Morgan fingerprint density at radius 3 is 2.67 bits per heavy atom. The van der Waals surface area contributed by atoms with Gasteiger partial charge < -0.3 is 9.84 Å². The molecule has 1 N–H and O–H groups in total. The number of nitrogens with zero attached hydrogens (tertiary/aromatic N) is 1. The van der Waals surface area contributed by atoms with Crippen molar-refractivity contribution >= 4 is 16.0 Å². The average Bonchev–Trinajstić information content (AvgIpc) is 2.86. The van der Waals surface area contributed by atoms with Gasteiger partial charge in [0.1, 0.15) is 6.04 Å². The maximum atomic E-state index is 12.3. The highest BCUT2D eigenvalue weighted by Gasteiger charge is 2.43. The van der Waals surface area contributed by atoms with Gasteiger partial charge in [-0.05, 0) is 32.1 Å². The lowest BCUT2D eigenvalue weighted by atomic mass is 10.2. The van der Waals surface area contributed by atoms with Crippen LogP contribution in [-0.4, -0.2) is 54.8 Å². The van der Waals surface area contributed by atoms with Crippen molar-refractivity contribution in [1.29, 1.82) is 0 Å². The summed E-state index contributed by atoms with van der Waals surface area (Å²) >= 11 is 0. The van der Waals surface area contributed by atoms with Gasteiger partial charge in [0.05, 0.1) is 12.4 Å². The Bertz CT molecular complexity index is 415. The smallest absolute Gasteiger partial charge is 0.322 e. The van der Waals surface area contributed by atoms with Crippen molar-refractivity contribution in [2.45, 2.75) is 38.3 Å². The molecule has 0 aliphatic carbocycles. The molecular formula is C11H19NO5S. The highest BCUT2D eigenvalue weighted by molar-refractivity contribution is 7.89. The van der Waals surface area contributed by atoms with E-state index in [1.165, 1.54) is 4.31 Å². The number of carboxylic acid groups (broad SMARTS) is 1. The molecule has 2 heterocycles. The van der Waals surface area contributed by atoms with Gasteiger partial charge >= 0.3 is 5.97 Å². The van der Waals surface area contributed by atoms with E-state index in [-0.39, 0.29) is 17.7 Å². The van der Waals surface area contributed by atoms with E-state index in [0.717, 1.165) is 6.42 Å². The molecule has 7 heteroatoms. The van der Waals surface area contributed by atoms with Crippen molar-refractivity contribution in [2.24, 2.45) is 5.92 Å². The molecule has 2 aliphatic heterocycles. The SMILES string of the molecule is C[C@@H]1CC[C@H](C(=O)O)N1S(=O)(=O)CC1CCOC1. The largest absolute Gasteiger partial charge is 0.480 e. The molecule has 2 saturated heterocycles. The minimum Gasteiger partial charge on any atom is -0.480 e. The van der Waals surface area contributed by atoms with Gasteiger partial charge in [-0.2, -0.15) is 4.31 Å². The first kappa shape index (κ1) is 13.8. The Hall–Kier alpha value is -0.660. The number of sulfonamides is 1. The lowest BCUT2D eigenvalue weighted by Gasteiger charge is -2.26. The Morgan fingerprint density at radius 2 is 2.11 bits per heavy atom. The number of ether oxygens (including phenoxy) is 1. The molecular weight excluding hydrogens is 258 g/mol. The second-order valence-electron chi connectivity index (χ2n) is 5.12. The number of hydrogen-bond donors (Lipinski definition) is 1. The second-order valence-corrected chi connectivity index (χ2v) is 7.04. The Morgan fingerprint density at radius 1 is 1.39 bits per heavy atom. The Labute approximate surface area is 107 Å². The summed E-state index contributed by atoms with van der Waals surface area (Å²) in [4.78, 5) is 11.1. The number of hydrogen-bond acceptors (Lipinski definition) is 4. The quantitative estimate of drug-likeness (QED) is 0.798. The highest BCUT2D eigenvalue weighted by Crippen LogP contribution is 2.29. The van der Waals surface area contributed by atoms with Crippen LogP contribution in [0.4, 0.5) is 0 Å². The van der Waals surface area contributed by atoms with Gasteiger partial charge in [-0.25, -0.2) is 8.42 Å². The topological polar surface area (TPSA) is 83.9 Å². The fourth-order valence-corrected chi connectivity index (χ4v) is 5.03. The highest BCUT2D eigenvalue weighted by atomic mass is 32.2. The molecule has 3 atom stereocenters. The summed E-state index contributed by atoms with van der Waals surface area (Å²) in [6, 6.07) is -1.12. The summed E-state index contributed by atoms with van der Waals surface area (Å²) in [5.41, 5.74) is 0.